The first-order valence-electron chi connectivity index (χ1n) is 5.09. The summed E-state index contributed by atoms with van der Waals surface area (Å²) < 4.78 is 27.7. The van der Waals surface area contributed by atoms with Gasteiger partial charge in [0, 0.05) is 5.02 Å². The standard InChI is InChI=1S/C12H7Cl2NO3S/c13-8-1-6-11(14)12(7-8)19(17,18)15-9-2-4-10(16)5-3-9/h1-7H. The molecule has 0 spiro atoms. The lowest BCUT2D eigenvalue weighted by atomic mass is 10.2. The summed E-state index contributed by atoms with van der Waals surface area (Å²) in [4.78, 5) is 10.8. The number of benzene rings is 1. The molecule has 19 heavy (non-hydrogen) atoms. The van der Waals surface area contributed by atoms with Crippen molar-refractivity contribution in [2.45, 2.75) is 4.90 Å². The highest BCUT2D eigenvalue weighted by molar-refractivity contribution is 7.90. The van der Waals surface area contributed by atoms with Crippen molar-refractivity contribution in [1.29, 1.82) is 0 Å². The van der Waals surface area contributed by atoms with Gasteiger partial charge in [0.15, 0.2) is 5.78 Å². The molecule has 0 radical (unpaired) electrons. The Labute approximate surface area is 120 Å². The number of allylic oxidation sites excluding steroid dienone is 4. The average Bonchev–Trinajstić information content (AvgIpc) is 2.35. The molecule has 0 aromatic heterocycles. The molecule has 0 bridgehead atoms. The highest BCUT2D eigenvalue weighted by Crippen LogP contribution is 2.26. The molecular formula is C12H7Cl2NO3S. The van der Waals surface area contributed by atoms with Gasteiger partial charge >= 0.3 is 0 Å². The van der Waals surface area contributed by atoms with Crippen molar-refractivity contribution >= 4 is 44.7 Å². The Bertz CT molecular complexity index is 715. The van der Waals surface area contributed by atoms with Gasteiger partial charge in [0.25, 0.3) is 10.0 Å². The number of halogens is 2. The Morgan fingerprint density at radius 3 is 2.26 bits per heavy atom. The molecule has 0 N–H and O–H groups in total. The van der Waals surface area contributed by atoms with E-state index in [1.807, 2.05) is 0 Å². The van der Waals surface area contributed by atoms with Crippen LogP contribution in [0.3, 0.4) is 0 Å². The highest BCUT2D eigenvalue weighted by Gasteiger charge is 2.18. The second-order valence-corrected chi connectivity index (χ2v) is 6.05. The molecule has 1 aliphatic carbocycles. The second-order valence-electron chi connectivity index (χ2n) is 3.63. The molecule has 0 atom stereocenters. The lowest BCUT2D eigenvalue weighted by molar-refractivity contribution is -0.110. The van der Waals surface area contributed by atoms with Crippen LogP contribution in [0.1, 0.15) is 0 Å². The minimum atomic E-state index is -3.97. The predicted molar refractivity (Wildman–Crippen MR) is 74.4 cm³/mol. The van der Waals surface area contributed by atoms with Crippen LogP contribution in [-0.4, -0.2) is 19.9 Å². The van der Waals surface area contributed by atoms with Crippen LogP contribution in [-0.2, 0) is 14.8 Å². The zero-order valence-electron chi connectivity index (χ0n) is 9.38. The number of carbonyl (C=O) groups excluding carboxylic acids is 1. The van der Waals surface area contributed by atoms with E-state index in [1.165, 1.54) is 42.5 Å². The molecule has 0 saturated heterocycles. The summed E-state index contributed by atoms with van der Waals surface area (Å²) in [6, 6.07) is 4.09. The van der Waals surface area contributed by atoms with Gasteiger partial charge < -0.3 is 0 Å². The molecule has 0 saturated carbocycles. The molecule has 1 aromatic rings. The van der Waals surface area contributed by atoms with E-state index >= 15 is 0 Å². The van der Waals surface area contributed by atoms with E-state index in [0.717, 1.165) is 0 Å². The Kier molecular flexibility index (Phi) is 3.89. The summed E-state index contributed by atoms with van der Waals surface area (Å²) in [5.41, 5.74) is 0.149. The summed E-state index contributed by atoms with van der Waals surface area (Å²) >= 11 is 11.6. The Morgan fingerprint density at radius 2 is 1.63 bits per heavy atom. The molecule has 98 valence electrons. The molecule has 0 amide bonds. The first-order valence-corrected chi connectivity index (χ1v) is 7.28. The predicted octanol–water partition coefficient (Wildman–Crippen LogP) is 2.82. The second kappa shape index (κ2) is 5.28. The monoisotopic (exact) mass is 315 g/mol. The van der Waals surface area contributed by atoms with Crippen molar-refractivity contribution in [2.75, 3.05) is 0 Å². The van der Waals surface area contributed by atoms with Crippen molar-refractivity contribution < 1.29 is 13.2 Å². The van der Waals surface area contributed by atoms with Crippen LogP contribution in [0.2, 0.25) is 10.0 Å². The SMILES string of the molecule is O=C1C=CC(=NS(=O)(=O)c2cc(Cl)ccc2Cl)C=C1. The number of hydrogen-bond acceptors (Lipinski definition) is 3. The minimum Gasteiger partial charge on any atom is -0.290 e. The maximum absolute atomic E-state index is 12.1. The van der Waals surface area contributed by atoms with Gasteiger partial charge in [-0.05, 0) is 42.5 Å². The molecule has 7 heteroatoms. The third-order valence-electron chi connectivity index (χ3n) is 2.23. The number of ketones is 1. The quantitative estimate of drug-likeness (QED) is 0.788. The van der Waals surface area contributed by atoms with Crippen LogP contribution in [0.25, 0.3) is 0 Å². The Balaban J connectivity index is 2.47. The van der Waals surface area contributed by atoms with Crippen LogP contribution in [0.4, 0.5) is 0 Å². The number of hydrogen-bond donors (Lipinski definition) is 0. The Morgan fingerprint density at radius 1 is 1.00 bits per heavy atom. The lowest BCUT2D eigenvalue weighted by Gasteiger charge is -2.04. The summed E-state index contributed by atoms with van der Waals surface area (Å²) in [5, 5.41) is 0.279. The zero-order valence-corrected chi connectivity index (χ0v) is 11.7. The largest absolute Gasteiger partial charge is 0.290 e. The number of sulfonamides is 1. The normalized spacial score (nSPS) is 14.8. The average molecular weight is 316 g/mol. The van der Waals surface area contributed by atoms with Crippen LogP contribution >= 0.6 is 23.2 Å². The fourth-order valence-corrected chi connectivity index (χ4v) is 3.10. The van der Waals surface area contributed by atoms with Gasteiger partial charge in [-0.2, -0.15) is 12.8 Å². The smallest absolute Gasteiger partial charge is 0.284 e. The first-order chi connectivity index (χ1) is 8.88. The zero-order chi connectivity index (χ0) is 14.0. The number of nitrogens with zero attached hydrogens (tertiary/aromatic N) is 1. The third kappa shape index (κ3) is 3.32. The van der Waals surface area contributed by atoms with E-state index in [-0.39, 0.29) is 26.4 Å². The molecular weight excluding hydrogens is 309 g/mol. The van der Waals surface area contributed by atoms with Gasteiger partial charge in [-0.1, -0.05) is 23.2 Å². The van der Waals surface area contributed by atoms with Gasteiger partial charge in [0.05, 0.1) is 10.7 Å². The van der Waals surface area contributed by atoms with Gasteiger partial charge in [0.2, 0.25) is 0 Å². The van der Waals surface area contributed by atoms with Gasteiger partial charge in [-0.15, -0.1) is 0 Å². The maximum atomic E-state index is 12.1. The molecule has 1 aliphatic rings. The van der Waals surface area contributed by atoms with E-state index in [4.69, 9.17) is 23.2 Å². The molecule has 0 unspecified atom stereocenters. The van der Waals surface area contributed by atoms with Crippen LogP contribution < -0.4 is 0 Å². The van der Waals surface area contributed by atoms with Crippen LogP contribution in [0, 0.1) is 0 Å². The maximum Gasteiger partial charge on any atom is 0.284 e. The topological polar surface area (TPSA) is 63.6 Å². The first kappa shape index (κ1) is 14.0. The summed E-state index contributed by atoms with van der Waals surface area (Å²) in [7, 11) is -3.97. The van der Waals surface area contributed by atoms with E-state index in [1.54, 1.807) is 0 Å². The van der Waals surface area contributed by atoms with Crippen molar-refractivity contribution in [3.8, 4) is 0 Å². The van der Waals surface area contributed by atoms with Gasteiger partial charge in [-0.3, -0.25) is 4.79 Å². The van der Waals surface area contributed by atoms with Gasteiger partial charge in [-0.25, -0.2) is 0 Å². The fourth-order valence-electron chi connectivity index (χ4n) is 1.37. The molecule has 2 rings (SSSR count). The van der Waals surface area contributed by atoms with E-state index in [0.29, 0.717) is 0 Å². The van der Waals surface area contributed by atoms with E-state index < -0.39 is 10.0 Å². The highest BCUT2D eigenvalue weighted by atomic mass is 35.5. The van der Waals surface area contributed by atoms with Crippen molar-refractivity contribution in [3.63, 3.8) is 0 Å². The van der Waals surface area contributed by atoms with Gasteiger partial charge in [0.1, 0.15) is 4.90 Å². The third-order valence-corrected chi connectivity index (χ3v) is 4.25. The van der Waals surface area contributed by atoms with Crippen LogP contribution in [0.5, 0.6) is 0 Å². The number of rotatable bonds is 2. The van der Waals surface area contributed by atoms with Crippen molar-refractivity contribution in [2.24, 2.45) is 4.40 Å². The van der Waals surface area contributed by atoms with Crippen LogP contribution in [0.15, 0.2) is 51.8 Å². The van der Waals surface area contributed by atoms with Crippen molar-refractivity contribution in [1.82, 2.24) is 0 Å². The lowest BCUT2D eigenvalue weighted by Crippen LogP contribution is -2.05. The summed E-state index contributed by atoms with van der Waals surface area (Å²) in [6.07, 6.45) is 5.10. The number of carbonyl (C=O) groups is 1. The Hall–Kier alpha value is -1.43. The fraction of sp³-hybridized carbons (Fsp3) is 0. The minimum absolute atomic E-state index is 0.0357. The summed E-state index contributed by atoms with van der Waals surface area (Å²) in [5.74, 6) is -0.225. The molecule has 0 fully saturated rings. The van der Waals surface area contributed by atoms with E-state index in [9.17, 15) is 13.2 Å². The van der Waals surface area contributed by atoms with Crippen molar-refractivity contribution in [3.05, 3.63) is 52.5 Å². The summed E-state index contributed by atoms with van der Waals surface area (Å²) in [6.45, 7) is 0. The molecule has 4 nitrogen and oxygen atoms in total. The molecule has 0 aliphatic heterocycles. The van der Waals surface area contributed by atoms with E-state index in [2.05, 4.69) is 4.40 Å². The molecule has 0 heterocycles. The molecule has 1 aromatic carbocycles.